The van der Waals surface area contributed by atoms with Gasteiger partial charge in [-0.25, -0.2) is 0 Å². The van der Waals surface area contributed by atoms with E-state index in [4.69, 9.17) is 0 Å². The lowest BCUT2D eigenvalue weighted by atomic mass is 9.94. The number of allylic oxidation sites excluding steroid dienone is 1. The Bertz CT molecular complexity index is 201. The smallest absolute Gasteiger partial charge is 0.0356 e. The summed E-state index contributed by atoms with van der Waals surface area (Å²) in [5.41, 5.74) is 1.23. The van der Waals surface area contributed by atoms with Crippen LogP contribution in [0, 0.1) is 11.8 Å². The highest BCUT2D eigenvalue weighted by molar-refractivity contribution is 5.08. The van der Waals surface area contributed by atoms with E-state index in [0.717, 1.165) is 0 Å². The highest BCUT2D eigenvalue weighted by Gasteiger charge is 2.17. The third kappa shape index (κ3) is 4.61. The molecule has 0 radical (unpaired) electrons. The van der Waals surface area contributed by atoms with Gasteiger partial charge in [0, 0.05) is 6.04 Å². The molecule has 0 saturated heterocycles. The van der Waals surface area contributed by atoms with Gasteiger partial charge in [0.25, 0.3) is 0 Å². The maximum atomic E-state index is 4.05. The van der Waals surface area contributed by atoms with Gasteiger partial charge in [-0.15, -0.1) is 0 Å². The predicted octanol–water partition coefficient (Wildman–Crippen LogP) is 3.34. The van der Waals surface area contributed by atoms with E-state index in [1.165, 1.54) is 5.57 Å². The topological polar surface area (TPSA) is 3.24 Å². The number of hydrogen-bond donors (Lipinski definition) is 0. The molecule has 0 aromatic heterocycles. The van der Waals surface area contributed by atoms with Gasteiger partial charge in [-0.1, -0.05) is 45.1 Å². The van der Waals surface area contributed by atoms with Crippen molar-refractivity contribution in [3.05, 3.63) is 24.3 Å². The van der Waals surface area contributed by atoms with Crippen molar-refractivity contribution in [2.45, 2.75) is 33.7 Å². The van der Waals surface area contributed by atoms with Gasteiger partial charge in [0.15, 0.2) is 0 Å². The molecule has 0 aromatic carbocycles. The molecule has 0 aliphatic heterocycles. The van der Waals surface area contributed by atoms with Gasteiger partial charge in [0.05, 0.1) is 0 Å². The number of nitrogens with zero attached hydrogens (tertiary/aromatic N) is 1. The van der Waals surface area contributed by atoms with Gasteiger partial charge in [-0.3, -0.25) is 0 Å². The quantitative estimate of drug-likeness (QED) is 0.608. The van der Waals surface area contributed by atoms with Crippen LogP contribution in [0.15, 0.2) is 24.3 Å². The molecule has 0 aliphatic carbocycles. The highest BCUT2D eigenvalue weighted by atomic mass is 15.1. The van der Waals surface area contributed by atoms with Crippen LogP contribution < -0.4 is 0 Å². The molecule has 0 heterocycles. The molecule has 2 atom stereocenters. The first kappa shape index (κ1) is 13.4. The lowest BCUT2D eigenvalue weighted by Gasteiger charge is -2.29. The summed E-state index contributed by atoms with van der Waals surface area (Å²) in [6.07, 6.45) is 4.56. The summed E-state index contributed by atoms with van der Waals surface area (Å²) in [6, 6.07) is 0.449. The molecule has 0 spiro atoms. The van der Waals surface area contributed by atoms with Gasteiger partial charge in [-0.2, -0.15) is 0 Å². The largest absolute Gasteiger partial charge is 0.302 e. The van der Waals surface area contributed by atoms with E-state index in [1.54, 1.807) is 0 Å². The second-order valence-electron chi connectivity index (χ2n) is 4.74. The van der Waals surface area contributed by atoms with E-state index in [2.05, 4.69) is 65.4 Å². The summed E-state index contributed by atoms with van der Waals surface area (Å²) in [5, 5.41) is 0. The van der Waals surface area contributed by atoms with E-state index in [0.29, 0.717) is 17.9 Å². The van der Waals surface area contributed by atoms with Gasteiger partial charge in [0.2, 0.25) is 0 Å². The van der Waals surface area contributed by atoms with Crippen molar-refractivity contribution in [1.82, 2.24) is 4.90 Å². The Morgan fingerprint density at radius 2 is 1.64 bits per heavy atom. The molecule has 0 rings (SSSR count). The Hall–Kier alpha value is -0.560. The van der Waals surface area contributed by atoms with E-state index in [-0.39, 0.29) is 0 Å². The normalized spacial score (nSPS) is 16.6. The van der Waals surface area contributed by atoms with Crippen molar-refractivity contribution in [3.63, 3.8) is 0 Å². The molecule has 2 unspecified atom stereocenters. The summed E-state index contributed by atoms with van der Waals surface area (Å²) < 4.78 is 0. The van der Waals surface area contributed by atoms with Crippen molar-refractivity contribution in [2.24, 2.45) is 11.8 Å². The Morgan fingerprint density at radius 1 is 1.14 bits per heavy atom. The maximum Gasteiger partial charge on any atom is 0.0356 e. The molecule has 14 heavy (non-hydrogen) atoms. The average molecular weight is 195 g/mol. The molecular weight excluding hydrogens is 170 g/mol. The van der Waals surface area contributed by atoms with E-state index < -0.39 is 0 Å². The zero-order valence-corrected chi connectivity index (χ0v) is 10.5. The van der Waals surface area contributed by atoms with Gasteiger partial charge >= 0.3 is 0 Å². The Kier molecular flexibility index (Phi) is 5.78. The Balaban J connectivity index is 4.45. The molecule has 0 bridgehead atoms. The Morgan fingerprint density at radius 3 is 1.93 bits per heavy atom. The van der Waals surface area contributed by atoms with Crippen LogP contribution in [-0.4, -0.2) is 25.0 Å². The van der Waals surface area contributed by atoms with Gasteiger partial charge in [-0.05, 0) is 32.9 Å². The molecule has 0 aromatic rings. The minimum absolute atomic E-state index is 0.449. The standard InChI is InChI=1S/C13H25N/c1-10(2)8-9-12(5)13(11(3)4)14(6)7/h8-10,12-13H,3H2,1-2,4-7H3/b9-8-. The van der Waals surface area contributed by atoms with E-state index in [9.17, 15) is 0 Å². The van der Waals surface area contributed by atoms with E-state index >= 15 is 0 Å². The average Bonchev–Trinajstić information content (AvgIpc) is 1.99. The van der Waals surface area contributed by atoms with Crippen LogP contribution in [0.5, 0.6) is 0 Å². The molecule has 0 fully saturated rings. The minimum atomic E-state index is 0.449. The molecule has 0 aliphatic rings. The minimum Gasteiger partial charge on any atom is -0.302 e. The summed E-state index contributed by atoms with van der Waals surface area (Å²) in [7, 11) is 4.22. The van der Waals surface area contributed by atoms with Gasteiger partial charge < -0.3 is 4.90 Å². The first-order valence-electron chi connectivity index (χ1n) is 5.36. The van der Waals surface area contributed by atoms with Crippen molar-refractivity contribution in [2.75, 3.05) is 14.1 Å². The van der Waals surface area contributed by atoms with Crippen LogP contribution in [0.2, 0.25) is 0 Å². The van der Waals surface area contributed by atoms with Gasteiger partial charge in [0.1, 0.15) is 0 Å². The van der Waals surface area contributed by atoms with Crippen molar-refractivity contribution in [3.8, 4) is 0 Å². The SMILES string of the molecule is C=C(C)C(C(C)/C=C\C(C)C)N(C)C. The first-order chi connectivity index (χ1) is 6.36. The molecule has 0 saturated carbocycles. The van der Waals surface area contributed by atoms with Crippen molar-refractivity contribution >= 4 is 0 Å². The second kappa shape index (κ2) is 6.02. The lowest BCUT2D eigenvalue weighted by molar-refractivity contribution is 0.283. The van der Waals surface area contributed by atoms with Crippen molar-refractivity contribution in [1.29, 1.82) is 0 Å². The molecular formula is C13H25N. The van der Waals surface area contributed by atoms with Crippen LogP contribution in [0.4, 0.5) is 0 Å². The molecule has 1 heteroatoms. The Labute approximate surface area is 89.5 Å². The first-order valence-corrected chi connectivity index (χ1v) is 5.36. The fraction of sp³-hybridized carbons (Fsp3) is 0.692. The number of rotatable bonds is 5. The molecule has 0 N–H and O–H groups in total. The zero-order valence-electron chi connectivity index (χ0n) is 10.5. The molecule has 0 amide bonds. The third-order valence-electron chi connectivity index (χ3n) is 2.36. The molecule has 1 nitrogen and oxygen atoms in total. The maximum absolute atomic E-state index is 4.05. The second-order valence-corrected chi connectivity index (χ2v) is 4.74. The third-order valence-corrected chi connectivity index (χ3v) is 2.36. The van der Waals surface area contributed by atoms with Crippen LogP contribution in [0.1, 0.15) is 27.7 Å². The summed E-state index contributed by atoms with van der Waals surface area (Å²) in [4.78, 5) is 2.23. The monoisotopic (exact) mass is 195 g/mol. The van der Waals surface area contributed by atoms with Crippen LogP contribution in [0.3, 0.4) is 0 Å². The van der Waals surface area contributed by atoms with Crippen LogP contribution in [-0.2, 0) is 0 Å². The predicted molar refractivity (Wildman–Crippen MR) is 65.4 cm³/mol. The lowest BCUT2D eigenvalue weighted by Crippen LogP contribution is -2.33. The fourth-order valence-electron chi connectivity index (χ4n) is 1.86. The highest BCUT2D eigenvalue weighted by Crippen LogP contribution is 2.17. The fourth-order valence-corrected chi connectivity index (χ4v) is 1.86. The van der Waals surface area contributed by atoms with Crippen molar-refractivity contribution < 1.29 is 0 Å². The number of likely N-dealkylation sites (N-methyl/N-ethyl adjacent to an activating group) is 1. The summed E-state index contributed by atoms with van der Waals surface area (Å²) in [6.45, 7) is 12.8. The van der Waals surface area contributed by atoms with Crippen LogP contribution in [0.25, 0.3) is 0 Å². The molecule has 82 valence electrons. The zero-order chi connectivity index (χ0) is 11.3. The summed E-state index contributed by atoms with van der Waals surface area (Å²) >= 11 is 0. The summed E-state index contributed by atoms with van der Waals surface area (Å²) in [5.74, 6) is 1.16. The number of hydrogen-bond acceptors (Lipinski definition) is 1. The van der Waals surface area contributed by atoms with E-state index in [1.807, 2.05) is 0 Å². The van der Waals surface area contributed by atoms with Crippen LogP contribution >= 0.6 is 0 Å².